The van der Waals surface area contributed by atoms with E-state index in [1.807, 2.05) is 26.8 Å². The van der Waals surface area contributed by atoms with Gasteiger partial charge in [0.25, 0.3) is 0 Å². The molecule has 2 aliphatic heterocycles. The second-order valence-corrected chi connectivity index (χ2v) is 11.7. The number of esters is 1. The van der Waals surface area contributed by atoms with Gasteiger partial charge >= 0.3 is 5.97 Å². The van der Waals surface area contributed by atoms with Crippen molar-refractivity contribution in [2.45, 2.75) is 96.1 Å². The lowest BCUT2D eigenvalue weighted by molar-refractivity contribution is -0.151. The maximum atomic E-state index is 13.3. The van der Waals surface area contributed by atoms with Gasteiger partial charge in [0.15, 0.2) is 0 Å². The van der Waals surface area contributed by atoms with Gasteiger partial charge in [-0.25, -0.2) is 0 Å². The van der Waals surface area contributed by atoms with Crippen molar-refractivity contribution >= 4 is 45.3 Å². The molecule has 0 aromatic rings. The van der Waals surface area contributed by atoms with Crippen molar-refractivity contribution in [2.24, 2.45) is 5.92 Å². The third-order valence-corrected chi connectivity index (χ3v) is 8.64. The summed E-state index contributed by atoms with van der Waals surface area (Å²) < 4.78 is 5.54. The van der Waals surface area contributed by atoms with Gasteiger partial charge in [0, 0.05) is 11.5 Å². The van der Waals surface area contributed by atoms with Crippen LogP contribution < -0.4 is 16.0 Å². The Kier molecular flexibility index (Phi) is 13.0. The zero-order chi connectivity index (χ0) is 25.8. The zero-order valence-corrected chi connectivity index (χ0v) is 22.4. The van der Waals surface area contributed by atoms with Crippen LogP contribution in [0.2, 0.25) is 0 Å². The summed E-state index contributed by atoms with van der Waals surface area (Å²) in [4.78, 5) is 51.9. The van der Waals surface area contributed by atoms with Gasteiger partial charge in [-0.1, -0.05) is 67.7 Å². The number of carbonyl (C=O) groups excluding carboxylic acids is 4. The van der Waals surface area contributed by atoms with Gasteiger partial charge < -0.3 is 25.8 Å². The van der Waals surface area contributed by atoms with Crippen molar-refractivity contribution in [2.75, 3.05) is 11.5 Å². The lowest BCUT2D eigenvalue weighted by atomic mass is 9.92. The molecule has 2 bridgehead atoms. The van der Waals surface area contributed by atoms with E-state index in [0.717, 1.165) is 18.6 Å². The van der Waals surface area contributed by atoms with E-state index in [9.17, 15) is 24.3 Å². The molecule has 9 nitrogen and oxygen atoms in total. The molecule has 35 heavy (non-hydrogen) atoms. The van der Waals surface area contributed by atoms with E-state index in [0.29, 0.717) is 25.0 Å². The summed E-state index contributed by atoms with van der Waals surface area (Å²) in [5.41, 5.74) is 0. The molecule has 2 heterocycles. The molecule has 2 unspecified atom stereocenters. The number of allylic oxidation sites excluding steroid dienone is 1. The Morgan fingerprint density at radius 3 is 2.57 bits per heavy atom. The van der Waals surface area contributed by atoms with Crippen molar-refractivity contribution < 1.29 is 29.0 Å². The van der Waals surface area contributed by atoms with E-state index in [1.165, 1.54) is 10.8 Å². The van der Waals surface area contributed by atoms with Crippen LogP contribution in [0.4, 0.5) is 0 Å². The maximum Gasteiger partial charge on any atom is 0.309 e. The molecular weight excluding hydrogens is 490 g/mol. The molecule has 0 aromatic heterocycles. The molecule has 3 amide bonds. The van der Waals surface area contributed by atoms with Gasteiger partial charge in [-0.3, -0.25) is 19.2 Å². The number of carbonyl (C=O) groups is 4. The number of aliphatic hydroxyl groups excluding tert-OH is 1. The van der Waals surface area contributed by atoms with Crippen LogP contribution in [0, 0.1) is 5.92 Å². The first-order valence-corrected chi connectivity index (χ1v) is 14.9. The molecule has 0 radical (unpaired) electrons. The highest BCUT2D eigenvalue weighted by molar-refractivity contribution is 8.76. The van der Waals surface area contributed by atoms with E-state index in [2.05, 4.69) is 16.0 Å². The molecule has 1 saturated heterocycles. The fourth-order valence-corrected chi connectivity index (χ4v) is 6.06. The number of hydrogen-bond donors (Lipinski definition) is 4. The van der Waals surface area contributed by atoms with Crippen LogP contribution in [0.3, 0.4) is 0 Å². The average molecular weight is 530 g/mol. The Morgan fingerprint density at radius 1 is 1.09 bits per heavy atom. The van der Waals surface area contributed by atoms with Crippen molar-refractivity contribution in [1.29, 1.82) is 0 Å². The Bertz CT molecular complexity index is 766. The second-order valence-electron chi connectivity index (χ2n) is 9.07. The fourth-order valence-electron chi connectivity index (χ4n) is 3.91. The highest BCUT2D eigenvalue weighted by Crippen LogP contribution is 2.24. The van der Waals surface area contributed by atoms with E-state index >= 15 is 0 Å². The average Bonchev–Trinajstić information content (AvgIpc) is 2.81. The lowest BCUT2D eigenvalue weighted by Crippen LogP contribution is -2.58. The fraction of sp³-hybridized carbons (Fsp3) is 0.750. The molecule has 1 fully saturated rings. The third-order valence-electron chi connectivity index (χ3n) is 6.19. The number of aliphatic hydroxyl groups is 1. The minimum atomic E-state index is -1.17. The molecule has 198 valence electrons. The molecule has 0 spiro atoms. The summed E-state index contributed by atoms with van der Waals surface area (Å²) in [6.07, 6.45) is 4.47. The molecule has 0 saturated carbocycles. The van der Waals surface area contributed by atoms with Crippen molar-refractivity contribution in [3.63, 3.8) is 0 Å². The molecule has 2 aliphatic rings. The smallest absolute Gasteiger partial charge is 0.309 e. The highest BCUT2D eigenvalue weighted by atomic mass is 33.1. The van der Waals surface area contributed by atoms with Crippen LogP contribution in [0.15, 0.2) is 12.2 Å². The normalized spacial score (nSPS) is 31.5. The number of hydrogen-bond acceptors (Lipinski definition) is 8. The summed E-state index contributed by atoms with van der Waals surface area (Å²) in [6.45, 7) is 5.82. The van der Waals surface area contributed by atoms with Gasteiger partial charge in [0.05, 0.1) is 25.0 Å². The zero-order valence-electron chi connectivity index (χ0n) is 20.8. The Hall–Kier alpha value is -1.72. The first kappa shape index (κ1) is 29.5. The summed E-state index contributed by atoms with van der Waals surface area (Å²) in [5, 5.41) is 19.3. The van der Waals surface area contributed by atoms with E-state index in [-0.39, 0.29) is 18.8 Å². The van der Waals surface area contributed by atoms with Gasteiger partial charge in [0.2, 0.25) is 17.7 Å². The quantitative estimate of drug-likeness (QED) is 0.242. The topological polar surface area (TPSA) is 134 Å². The van der Waals surface area contributed by atoms with Crippen LogP contribution >= 0.6 is 21.6 Å². The monoisotopic (exact) mass is 529 g/mol. The van der Waals surface area contributed by atoms with Crippen LogP contribution in [0.1, 0.15) is 65.7 Å². The minimum absolute atomic E-state index is 0.120. The van der Waals surface area contributed by atoms with Gasteiger partial charge in [-0.2, -0.15) is 0 Å². The van der Waals surface area contributed by atoms with Gasteiger partial charge in [0.1, 0.15) is 18.2 Å². The van der Waals surface area contributed by atoms with Gasteiger partial charge in [-0.05, 0) is 24.8 Å². The van der Waals surface area contributed by atoms with Crippen molar-refractivity contribution in [3.8, 4) is 0 Å². The molecule has 2 rings (SSSR count). The first-order valence-electron chi connectivity index (χ1n) is 12.4. The third kappa shape index (κ3) is 10.0. The van der Waals surface area contributed by atoms with E-state index in [4.69, 9.17) is 4.74 Å². The number of unbranched alkanes of at least 4 members (excludes halogenated alkanes) is 1. The number of ether oxygens (including phenoxy) is 1. The first-order chi connectivity index (χ1) is 16.7. The molecule has 0 aliphatic carbocycles. The summed E-state index contributed by atoms with van der Waals surface area (Å²) in [6, 6.07) is -2.35. The molecule has 11 heteroatoms. The number of rotatable bonds is 5. The SMILES string of the molecule is CCCC[C@@H]1NC(=O)C[C@H]2/C=C/CCSSCC(NC1=O)C(=O)N[C@H](C(C)CC)[C@H](O)CC(=O)O2. The number of nitrogens with one attached hydrogen (secondary N) is 3. The predicted octanol–water partition coefficient (Wildman–Crippen LogP) is 2.08. The molecular formula is C24H39N3O6S2. The van der Waals surface area contributed by atoms with Crippen LogP contribution in [0.25, 0.3) is 0 Å². The predicted molar refractivity (Wildman–Crippen MR) is 139 cm³/mol. The van der Waals surface area contributed by atoms with Crippen LogP contribution in [0.5, 0.6) is 0 Å². The summed E-state index contributed by atoms with van der Waals surface area (Å²) in [5.74, 6) is -0.959. The largest absolute Gasteiger partial charge is 0.457 e. The Balaban J connectivity index is 2.46. The van der Waals surface area contributed by atoms with Crippen molar-refractivity contribution in [1.82, 2.24) is 16.0 Å². The summed E-state index contributed by atoms with van der Waals surface area (Å²) >= 11 is 0. The highest BCUT2D eigenvalue weighted by Gasteiger charge is 2.34. The second kappa shape index (κ2) is 15.4. The van der Waals surface area contributed by atoms with E-state index in [1.54, 1.807) is 16.9 Å². The standard InChI is InChI=1S/C24H39N3O6S2/c1-4-6-10-17-23(31)26-18-14-35-34-11-8-7-9-16(12-20(29)25-17)33-21(30)13-19(28)22(15(3)5-2)27-24(18)32/h7,9,15-19,22,28H,4-6,8,10-14H2,1-3H3,(H,25,29)(H,26,31)(H,27,32)/b9-7+/t15?,16-,17+,18?,19-,22-/m1/s1. The van der Waals surface area contributed by atoms with Gasteiger partial charge in [-0.15, -0.1) is 0 Å². The van der Waals surface area contributed by atoms with E-state index < -0.39 is 54.0 Å². The van der Waals surface area contributed by atoms with Crippen LogP contribution in [-0.4, -0.2) is 70.6 Å². The number of amides is 3. The number of fused-ring (bicyclic) bond motifs is 7. The minimum Gasteiger partial charge on any atom is -0.457 e. The maximum absolute atomic E-state index is 13.3. The lowest BCUT2D eigenvalue weighted by Gasteiger charge is -2.31. The van der Waals surface area contributed by atoms with Crippen molar-refractivity contribution in [3.05, 3.63) is 12.2 Å². The van der Waals surface area contributed by atoms with Crippen LogP contribution in [-0.2, 0) is 23.9 Å². The molecule has 6 atom stereocenters. The Labute approximate surface area is 215 Å². The molecule has 4 N–H and O–H groups in total. The summed E-state index contributed by atoms with van der Waals surface area (Å²) in [7, 11) is 3.06. The Morgan fingerprint density at radius 2 is 1.86 bits per heavy atom. The molecule has 0 aromatic carbocycles.